The van der Waals surface area contributed by atoms with E-state index >= 15 is 0 Å². The Bertz CT molecular complexity index is 970. The first-order chi connectivity index (χ1) is 14.4. The maximum absolute atomic E-state index is 13.7. The van der Waals surface area contributed by atoms with E-state index in [0.29, 0.717) is 37.3 Å². The van der Waals surface area contributed by atoms with Crippen LogP contribution in [0.4, 0.5) is 19.3 Å². The maximum atomic E-state index is 13.7. The fraction of sp³-hybridized carbons (Fsp3) is 0.364. The number of amides is 3. The van der Waals surface area contributed by atoms with Crippen LogP contribution >= 0.6 is 0 Å². The lowest BCUT2D eigenvalue weighted by atomic mass is 9.92. The smallest absolute Gasteiger partial charge is 0.317 e. The molecule has 0 bridgehead atoms. The van der Waals surface area contributed by atoms with Crippen molar-refractivity contribution in [2.75, 3.05) is 38.1 Å². The van der Waals surface area contributed by atoms with Crippen molar-refractivity contribution < 1.29 is 18.4 Å². The van der Waals surface area contributed by atoms with Crippen LogP contribution in [0.3, 0.4) is 0 Å². The molecule has 2 saturated heterocycles. The van der Waals surface area contributed by atoms with E-state index in [9.17, 15) is 18.4 Å². The Morgan fingerprint density at radius 2 is 1.83 bits per heavy atom. The quantitative estimate of drug-likeness (QED) is 0.840. The van der Waals surface area contributed by atoms with Crippen molar-refractivity contribution in [3.8, 4) is 0 Å². The van der Waals surface area contributed by atoms with E-state index in [1.165, 1.54) is 24.3 Å². The van der Waals surface area contributed by atoms with Crippen LogP contribution in [-0.2, 0) is 11.3 Å². The number of rotatable bonds is 3. The summed E-state index contributed by atoms with van der Waals surface area (Å²) in [6.07, 6.45) is 0.704. The number of likely N-dealkylation sites (tertiary alicyclic amines) is 1. The fourth-order valence-corrected chi connectivity index (χ4v) is 4.25. The van der Waals surface area contributed by atoms with E-state index in [1.54, 1.807) is 34.1 Å². The molecule has 1 atom stereocenters. The minimum Gasteiger partial charge on any atom is -0.334 e. The maximum Gasteiger partial charge on any atom is 0.317 e. The van der Waals surface area contributed by atoms with Crippen molar-refractivity contribution in [3.05, 3.63) is 65.7 Å². The summed E-state index contributed by atoms with van der Waals surface area (Å²) in [7, 11) is 1.88. The lowest BCUT2D eigenvalue weighted by molar-refractivity contribution is -0.123. The third kappa shape index (κ3) is 4.00. The van der Waals surface area contributed by atoms with Gasteiger partial charge in [-0.3, -0.25) is 9.69 Å². The Morgan fingerprint density at radius 3 is 2.57 bits per heavy atom. The van der Waals surface area contributed by atoms with Crippen LogP contribution in [0, 0.1) is 11.6 Å². The highest BCUT2D eigenvalue weighted by molar-refractivity contribution is 5.96. The normalized spacial score (nSPS) is 22.0. The molecule has 158 valence electrons. The molecule has 1 spiro atoms. The van der Waals surface area contributed by atoms with Gasteiger partial charge in [-0.1, -0.05) is 18.2 Å². The zero-order valence-electron chi connectivity index (χ0n) is 16.8. The molecule has 0 radical (unpaired) electrons. The van der Waals surface area contributed by atoms with E-state index in [4.69, 9.17) is 0 Å². The number of piperazine rings is 1. The van der Waals surface area contributed by atoms with Crippen LogP contribution in [0.5, 0.6) is 0 Å². The number of carbonyl (C=O) groups is 2. The standard InChI is InChI=1S/C22H24F2N4O2/c1-26-13-20(29)28(19-7-3-6-18(24)11-19)15-22(26)8-9-27(14-22)21(30)25-12-16-4-2-5-17(23)10-16/h2-7,10-11H,8-9,12-15H2,1H3,(H,25,30)/t22-/m0/s1. The Kier molecular flexibility index (Phi) is 5.42. The van der Waals surface area contributed by atoms with Crippen LogP contribution in [0.1, 0.15) is 12.0 Å². The first-order valence-corrected chi connectivity index (χ1v) is 9.91. The van der Waals surface area contributed by atoms with Crippen molar-refractivity contribution >= 4 is 17.6 Å². The highest BCUT2D eigenvalue weighted by Gasteiger charge is 2.48. The molecule has 8 heteroatoms. The largest absolute Gasteiger partial charge is 0.334 e. The van der Waals surface area contributed by atoms with Gasteiger partial charge in [0.05, 0.1) is 12.1 Å². The minimum atomic E-state index is -0.392. The lowest BCUT2D eigenvalue weighted by Crippen LogP contribution is -2.64. The molecule has 6 nitrogen and oxygen atoms in total. The van der Waals surface area contributed by atoms with Crippen molar-refractivity contribution in [1.82, 2.24) is 15.1 Å². The molecule has 2 aromatic rings. The second-order valence-corrected chi connectivity index (χ2v) is 8.00. The van der Waals surface area contributed by atoms with Gasteiger partial charge in [0, 0.05) is 31.9 Å². The molecule has 0 saturated carbocycles. The number of benzene rings is 2. The number of hydrogen-bond acceptors (Lipinski definition) is 3. The topological polar surface area (TPSA) is 55.9 Å². The van der Waals surface area contributed by atoms with Gasteiger partial charge in [0.1, 0.15) is 11.6 Å². The van der Waals surface area contributed by atoms with Gasteiger partial charge in [-0.05, 0) is 49.4 Å². The molecular formula is C22H24F2N4O2. The number of carbonyl (C=O) groups excluding carboxylic acids is 2. The van der Waals surface area contributed by atoms with Gasteiger partial charge in [-0.2, -0.15) is 0 Å². The van der Waals surface area contributed by atoms with Gasteiger partial charge in [0.15, 0.2) is 0 Å². The Balaban J connectivity index is 1.44. The summed E-state index contributed by atoms with van der Waals surface area (Å²) in [5, 5.41) is 2.84. The molecular weight excluding hydrogens is 390 g/mol. The molecule has 1 N–H and O–H groups in total. The van der Waals surface area contributed by atoms with Crippen LogP contribution in [-0.4, -0.2) is 60.5 Å². The molecule has 2 aromatic carbocycles. The monoisotopic (exact) mass is 414 g/mol. The van der Waals surface area contributed by atoms with E-state index in [-0.39, 0.29) is 30.8 Å². The fourth-order valence-electron chi connectivity index (χ4n) is 4.25. The summed E-state index contributed by atoms with van der Waals surface area (Å²) in [6.45, 7) is 1.83. The van der Waals surface area contributed by atoms with Gasteiger partial charge in [-0.15, -0.1) is 0 Å². The molecule has 0 aromatic heterocycles. The molecule has 3 amide bonds. The summed E-state index contributed by atoms with van der Waals surface area (Å²) in [5.74, 6) is -0.825. The number of anilines is 1. The van der Waals surface area contributed by atoms with Gasteiger partial charge in [0.25, 0.3) is 0 Å². The summed E-state index contributed by atoms with van der Waals surface area (Å²) in [4.78, 5) is 30.6. The number of nitrogens with zero attached hydrogens (tertiary/aromatic N) is 3. The Labute approximate surface area is 174 Å². The summed E-state index contributed by atoms with van der Waals surface area (Å²) >= 11 is 0. The van der Waals surface area contributed by atoms with Crippen molar-refractivity contribution in [2.24, 2.45) is 0 Å². The third-order valence-corrected chi connectivity index (χ3v) is 6.01. The Hall–Kier alpha value is -3.00. The zero-order chi connectivity index (χ0) is 21.3. The SMILES string of the molecule is CN1CC(=O)N(c2cccc(F)c2)C[C@@]12CCN(C(=O)NCc1cccc(F)c1)C2. The van der Waals surface area contributed by atoms with Gasteiger partial charge in [0.2, 0.25) is 5.91 Å². The molecule has 0 unspecified atom stereocenters. The van der Waals surface area contributed by atoms with E-state index < -0.39 is 11.4 Å². The van der Waals surface area contributed by atoms with E-state index in [1.807, 2.05) is 11.9 Å². The van der Waals surface area contributed by atoms with Crippen LogP contribution in [0.2, 0.25) is 0 Å². The first kappa shape index (κ1) is 20.3. The molecule has 30 heavy (non-hydrogen) atoms. The molecule has 2 aliphatic heterocycles. The summed E-state index contributed by atoms with van der Waals surface area (Å²) in [6, 6.07) is 11.9. The molecule has 4 rings (SSSR count). The second kappa shape index (κ2) is 8.02. The second-order valence-electron chi connectivity index (χ2n) is 8.00. The van der Waals surface area contributed by atoms with Gasteiger partial charge in [-0.25, -0.2) is 13.6 Å². The van der Waals surface area contributed by atoms with Gasteiger partial charge >= 0.3 is 6.03 Å². The molecule has 2 heterocycles. The highest BCUT2D eigenvalue weighted by atomic mass is 19.1. The number of urea groups is 1. The Morgan fingerprint density at radius 1 is 1.10 bits per heavy atom. The van der Waals surface area contributed by atoms with E-state index in [0.717, 1.165) is 0 Å². The molecule has 0 aliphatic carbocycles. The third-order valence-electron chi connectivity index (χ3n) is 6.01. The average molecular weight is 414 g/mol. The van der Waals surface area contributed by atoms with E-state index in [2.05, 4.69) is 5.32 Å². The summed E-state index contributed by atoms with van der Waals surface area (Å²) in [5.41, 5.74) is 0.826. The number of hydrogen-bond donors (Lipinski definition) is 1. The van der Waals surface area contributed by atoms with Crippen LogP contribution in [0.15, 0.2) is 48.5 Å². The zero-order valence-corrected chi connectivity index (χ0v) is 16.8. The van der Waals surface area contributed by atoms with Crippen LogP contribution < -0.4 is 10.2 Å². The molecule has 2 fully saturated rings. The van der Waals surface area contributed by atoms with Crippen LogP contribution in [0.25, 0.3) is 0 Å². The summed E-state index contributed by atoms with van der Waals surface area (Å²) < 4.78 is 27.0. The minimum absolute atomic E-state index is 0.0947. The predicted octanol–water partition coefficient (Wildman–Crippen LogP) is 2.60. The highest BCUT2D eigenvalue weighted by Crippen LogP contribution is 2.33. The van der Waals surface area contributed by atoms with Crippen molar-refractivity contribution in [3.63, 3.8) is 0 Å². The average Bonchev–Trinajstić information content (AvgIpc) is 3.15. The lowest BCUT2D eigenvalue weighted by Gasteiger charge is -2.46. The number of halogens is 2. The van der Waals surface area contributed by atoms with Crippen molar-refractivity contribution in [2.45, 2.75) is 18.5 Å². The van der Waals surface area contributed by atoms with Gasteiger partial charge < -0.3 is 15.1 Å². The predicted molar refractivity (Wildman–Crippen MR) is 109 cm³/mol. The molecule has 2 aliphatic rings. The number of likely N-dealkylation sites (N-methyl/N-ethyl adjacent to an activating group) is 1. The number of nitrogens with one attached hydrogen (secondary N) is 1. The first-order valence-electron chi connectivity index (χ1n) is 9.91. The van der Waals surface area contributed by atoms with Crippen molar-refractivity contribution in [1.29, 1.82) is 0 Å².